The number of aromatic nitrogens is 2. The highest BCUT2D eigenvalue weighted by atomic mass is 19.3. The average molecular weight is 636 g/mol. The number of nitrogens with zero attached hydrogens (tertiary/aromatic N) is 2. The Morgan fingerprint density at radius 1 is 1.15 bits per heavy atom. The van der Waals surface area contributed by atoms with Crippen LogP contribution in [-0.4, -0.2) is 75.8 Å². The molecule has 13 heteroatoms. The lowest BCUT2D eigenvalue weighted by molar-refractivity contribution is -0.141. The van der Waals surface area contributed by atoms with Gasteiger partial charge in [0.05, 0.1) is 30.8 Å². The van der Waals surface area contributed by atoms with Crippen LogP contribution in [0, 0.1) is 11.3 Å². The van der Waals surface area contributed by atoms with Gasteiger partial charge in [-0.25, -0.2) is 8.78 Å². The van der Waals surface area contributed by atoms with E-state index in [1.807, 2.05) is 0 Å². The number of benzene rings is 1. The second-order valence-electron chi connectivity index (χ2n) is 12.5. The standard InChI is InChI=1S/C33H35F2N5O6/c1-46-27-11-6-9-22-21(27)14-24(38-22)31(45)40-18-32(17-33(32,34)35)15-25(40)29(43)39-23(13-19-7-2-3-10-26(19)41)28(42)30(44)37-16-20-8-4-5-12-36-20/h4-6,8-9,11-12,14,19,23,25,38H,2-3,7,10,13,15-18H2,1H3,(H,37,44)(H,39,43). The first-order valence-electron chi connectivity index (χ1n) is 15.4. The number of methoxy groups -OCH3 is 1. The van der Waals surface area contributed by atoms with Crippen LogP contribution in [0.4, 0.5) is 8.78 Å². The van der Waals surface area contributed by atoms with Gasteiger partial charge < -0.3 is 25.3 Å². The molecule has 3 aliphatic rings. The number of Topliss-reactive ketones (excluding diaryl/α,β-unsaturated/α-hetero) is 2. The molecule has 4 atom stereocenters. The van der Waals surface area contributed by atoms with Gasteiger partial charge in [-0.15, -0.1) is 0 Å². The zero-order valence-corrected chi connectivity index (χ0v) is 25.3. The maximum Gasteiger partial charge on any atom is 0.289 e. The van der Waals surface area contributed by atoms with Crippen molar-refractivity contribution in [1.29, 1.82) is 0 Å². The second-order valence-corrected chi connectivity index (χ2v) is 12.5. The molecule has 46 heavy (non-hydrogen) atoms. The molecule has 3 fully saturated rings. The number of carbonyl (C=O) groups is 5. The molecule has 1 spiro atoms. The van der Waals surface area contributed by atoms with Crippen LogP contribution in [0.1, 0.15) is 61.1 Å². The molecular weight excluding hydrogens is 600 g/mol. The molecule has 6 rings (SSSR count). The van der Waals surface area contributed by atoms with Gasteiger partial charge in [0.2, 0.25) is 11.7 Å². The molecule has 1 saturated heterocycles. The van der Waals surface area contributed by atoms with Crippen LogP contribution >= 0.6 is 0 Å². The van der Waals surface area contributed by atoms with E-state index in [-0.39, 0.29) is 37.4 Å². The monoisotopic (exact) mass is 635 g/mol. The lowest BCUT2D eigenvalue weighted by atomic mass is 9.82. The molecule has 2 aliphatic carbocycles. The number of ether oxygens (including phenoxy) is 1. The Morgan fingerprint density at radius 3 is 2.65 bits per heavy atom. The summed E-state index contributed by atoms with van der Waals surface area (Å²) in [7, 11) is 1.49. The van der Waals surface area contributed by atoms with Crippen molar-refractivity contribution in [3.63, 3.8) is 0 Å². The normalized spacial score (nSPS) is 24.1. The van der Waals surface area contributed by atoms with E-state index >= 15 is 0 Å². The highest BCUT2D eigenvalue weighted by Crippen LogP contribution is 2.66. The number of ketones is 2. The Kier molecular flexibility index (Phi) is 8.34. The zero-order chi connectivity index (χ0) is 32.6. The first-order valence-corrected chi connectivity index (χ1v) is 15.4. The predicted molar refractivity (Wildman–Crippen MR) is 161 cm³/mol. The summed E-state index contributed by atoms with van der Waals surface area (Å²) >= 11 is 0. The van der Waals surface area contributed by atoms with Gasteiger partial charge in [-0.1, -0.05) is 18.6 Å². The summed E-state index contributed by atoms with van der Waals surface area (Å²) in [5.74, 6) is -6.59. The molecule has 4 unspecified atom stereocenters. The molecule has 11 nitrogen and oxygen atoms in total. The van der Waals surface area contributed by atoms with Gasteiger partial charge in [0.15, 0.2) is 0 Å². The summed E-state index contributed by atoms with van der Waals surface area (Å²) in [6.07, 6.45) is 2.97. The summed E-state index contributed by atoms with van der Waals surface area (Å²) in [5, 5.41) is 5.71. The minimum Gasteiger partial charge on any atom is -0.496 e. The fourth-order valence-corrected chi connectivity index (χ4v) is 6.79. The Hall–Kier alpha value is -4.68. The number of amides is 3. The van der Waals surface area contributed by atoms with Gasteiger partial charge in [-0.05, 0) is 56.0 Å². The Labute approximate surface area is 263 Å². The van der Waals surface area contributed by atoms with Crippen LogP contribution in [0.3, 0.4) is 0 Å². The molecule has 242 valence electrons. The maximum atomic E-state index is 14.7. The van der Waals surface area contributed by atoms with E-state index in [0.29, 0.717) is 35.2 Å². The smallest absolute Gasteiger partial charge is 0.289 e. The van der Waals surface area contributed by atoms with Crippen molar-refractivity contribution in [2.24, 2.45) is 11.3 Å². The third kappa shape index (κ3) is 5.97. The second kappa shape index (κ2) is 12.3. The van der Waals surface area contributed by atoms with E-state index in [4.69, 9.17) is 4.74 Å². The summed E-state index contributed by atoms with van der Waals surface area (Å²) in [6.45, 7) is -0.389. The van der Waals surface area contributed by atoms with Crippen molar-refractivity contribution in [1.82, 2.24) is 25.5 Å². The first kappa shape index (κ1) is 31.3. The fourth-order valence-electron chi connectivity index (χ4n) is 6.79. The van der Waals surface area contributed by atoms with Crippen molar-refractivity contribution in [3.05, 3.63) is 60.0 Å². The number of H-pyrrole nitrogens is 1. The number of halogens is 2. The van der Waals surface area contributed by atoms with E-state index < -0.39 is 59.3 Å². The van der Waals surface area contributed by atoms with Crippen molar-refractivity contribution >= 4 is 40.2 Å². The van der Waals surface area contributed by atoms with Crippen LogP contribution in [0.5, 0.6) is 5.75 Å². The number of alkyl halides is 2. The molecule has 1 aliphatic heterocycles. The van der Waals surface area contributed by atoms with E-state index in [2.05, 4.69) is 20.6 Å². The SMILES string of the molecule is COc1cccc2[nH]c(C(=O)N3CC4(CC3C(=O)NC(CC3CCCCC3=O)C(=O)C(=O)NCc3ccccn3)CC4(F)F)cc12. The van der Waals surface area contributed by atoms with E-state index in [0.717, 1.165) is 17.7 Å². The molecule has 0 bridgehead atoms. The predicted octanol–water partition coefficient (Wildman–Crippen LogP) is 3.33. The van der Waals surface area contributed by atoms with Crippen LogP contribution in [-0.2, 0) is 25.7 Å². The van der Waals surface area contributed by atoms with Crippen LogP contribution in [0.15, 0.2) is 48.7 Å². The average Bonchev–Trinajstić information content (AvgIpc) is 3.38. The van der Waals surface area contributed by atoms with Gasteiger partial charge >= 0.3 is 0 Å². The summed E-state index contributed by atoms with van der Waals surface area (Å²) in [5.41, 5.74) is -0.369. The number of fused-ring (bicyclic) bond motifs is 1. The van der Waals surface area contributed by atoms with Crippen molar-refractivity contribution < 1.29 is 37.5 Å². The van der Waals surface area contributed by atoms with Gasteiger partial charge in [0.25, 0.3) is 17.7 Å². The number of aromatic amines is 1. The lowest BCUT2D eigenvalue weighted by Gasteiger charge is -2.28. The topological polar surface area (TPSA) is 151 Å². The number of hydrogen-bond donors (Lipinski definition) is 3. The molecule has 3 N–H and O–H groups in total. The number of pyridine rings is 1. The quantitative estimate of drug-likeness (QED) is 0.289. The summed E-state index contributed by atoms with van der Waals surface area (Å²) in [6, 6.07) is 9.12. The third-order valence-electron chi connectivity index (χ3n) is 9.50. The molecule has 3 amide bonds. The van der Waals surface area contributed by atoms with E-state index in [1.54, 1.807) is 42.5 Å². The van der Waals surface area contributed by atoms with Crippen molar-refractivity contribution in [2.45, 2.75) is 69.5 Å². The molecular formula is C33H35F2N5O6. The summed E-state index contributed by atoms with van der Waals surface area (Å²) in [4.78, 5) is 75.0. The van der Waals surface area contributed by atoms with Gasteiger partial charge in [0.1, 0.15) is 23.3 Å². The highest BCUT2D eigenvalue weighted by Gasteiger charge is 2.75. The molecule has 2 aromatic heterocycles. The number of likely N-dealkylation sites (tertiary alicyclic amines) is 1. The van der Waals surface area contributed by atoms with Crippen molar-refractivity contribution in [2.75, 3.05) is 13.7 Å². The Balaban J connectivity index is 1.24. The van der Waals surface area contributed by atoms with Gasteiger partial charge in [0, 0.05) is 42.4 Å². The number of nitrogens with one attached hydrogen (secondary N) is 3. The number of rotatable bonds is 10. The Bertz CT molecular complexity index is 1690. The summed E-state index contributed by atoms with van der Waals surface area (Å²) < 4.78 is 34.7. The van der Waals surface area contributed by atoms with Crippen molar-refractivity contribution in [3.8, 4) is 5.75 Å². The Morgan fingerprint density at radius 2 is 1.96 bits per heavy atom. The molecule has 3 aromatic rings. The van der Waals surface area contributed by atoms with E-state index in [1.165, 1.54) is 13.3 Å². The minimum atomic E-state index is -3.06. The molecule has 3 heterocycles. The molecule has 0 radical (unpaired) electrons. The fraction of sp³-hybridized carbons (Fsp3) is 0.455. The molecule has 1 aromatic carbocycles. The van der Waals surface area contributed by atoms with E-state index in [9.17, 15) is 32.8 Å². The largest absolute Gasteiger partial charge is 0.496 e. The lowest BCUT2D eigenvalue weighted by Crippen LogP contribution is -2.54. The zero-order valence-electron chi connectivity index (χ0n) is 25.3. The number of hydrogen-bond acceptors (Lipinski definition) is 7. The maximum absolute atomic E-state index is 14.7. The van der Waals surface area contributed by atoms with Crippen LogP contribution in [0.25, 0.3) is 10.9 Å². The minimum absolute atomic E-state index is 0.0355. The number of carbonyl (C=O) groups excluding carboxylic acids is 5. The third-order valence-corrected chi connectivity index (χ3v) is 9.50. The van der Waals surface area contributed by atoms with Gasteiger partial charge in [-0.3, -0.25) is 29.0 Å². The highest BCUT2D eigenvalue weighted by molar-refractivity contribution is 6.38. The molecule has 2 saturated carbocycles. The first-order chi connectivity index (χ1) is 22.0. The van der Waals surface area contributed by atoms with Crippen LogP contribution in [0.2, 0.25) is 0 Å². The van der Waals surface area contributed by atoms with Crippen LogP contribution < -0.4 is 15.4 Å². The van der Waals surface area contributed by atoms with Gasteiger partial charge in [-0.2, -0.15) is 0 Å².